The van der Waals surface area contributed by atoms with Crippen LogP contribution in [-0.2, 0) is 13.6 Å². The Bertz CT molecular complexity index is 537. The van der Waals surface area contributed by atoms with Gasteiger partial charge in [0.1, 0.15) is 0 Å². The zero-order valence-electron chi connectivity index (χ0n) is 9.90. The molecule has 1 aromatic heterocycles. The van der Waals surface area contributed by atoms with Gasteiger partial charge in [0.05, 0.1) is 6.20 Å². The van der Waals surface area contributed by atoms with Crippen LogP contribution < -0.4 is 11.1 Å². The van der Waals surface area contributed by atoms with E-state index in [0.717, 1.165) is 5.56 Å². The molecule has 0 unspecified atom stereocenters. The van der Waals surface area contributed by atoms with E-state index in [1.807, 2.05) is 6.20 Å². The molecule has 3 N–H and O–H groups in total. The molecule has 0 aliphatic rings. The highest BCUT2D eigenvalue weighted by Crippen LogP contribution is 2.29. The van der Waals surface area contributed by atoms with E-state index in [-0.39, 0.29) is 5.56 Å². The van der Waals surface area contributed by atoms with Gasteiger partial charge in [0, 0.05) is 42.3 Å². The quantitative estimate of drug-likeness (QED) is 0.822. The van der Waals surface area contributed by atoms with Gasteiger partial charge in [0.15, 0.2) is 0 Å². The lowest BCUT2D eigenvalue weighted by Crippen LogP contribution is -2.03. The van der Waals surface area contributed by atoms with Crippen LogP contribution in [0.25, 0.3) is 0 Å². The van der Waals surface area contributed by atoms with E-state index in [2.05, 4.69) is 10.4 Å². The van der Waals surface area contributed by atoms with E-state index in [0.29, 0.717) is 17.9 Å². The van der Waals surface area contributed by atoms with Crippen molar-refractivity contribution in [1.29, 1.82) is 0 Å². The third-order valence-electron chi connectivity index (χ3n) is 2.55. The molecule has 6 heteroatoms. The molecule has 4 nitrogen and oxygen atoms in total. The van der Waals surface area contributed by atoms with Crippen LogP contribution in [0.1, 0.15) is 17.6 Å². The van der Waals surface area contributed by atoms with Crippen LogP contribution in [0, 0.1) is 0 Å². The molecule has 0 fully saturated rings. The van der Waals surface area contributed by atoms with Crippen molar-refractivity contribution >= 4 is 11.4 Å². The first-order valence-electron chi connectivity index (χ1n) is 5.45. The lowest BCUT2D eigenvalue weighted by molar-refractivity contribution is 0.152. The third-order valence-corrected chi connectivity index (χ3v) is 2.55. The summed E-state index contributed by atoms with van der Waals surface area (Å²) in [5.41, 5.74) is 7.07. The summed E-state index contributed by atoms with van der Waals surface area (Å²) in [6, 6.07) is 4.45. The molecule has 2 aromatic rings. The summed E-state index contributed by atoms with van der Waals surface area (Å²) in [6.45, 7) is 0.442. The normalized spacial score (nSPS) is 10.9. The Morgan fingerprint density at radius 3 is 2.83 bits per heavy atom. The van der Waals surface area contributed by atoms with Gasteiger partial charge in [0.25, 0.3) is 6.43 Å². The second kappa shape index (κ2) is 5.03. The minimum absolute atomic E-state index is 0.0844. The van der Waals surface area contributed by atoms with Gasteiger partial charge in [-0.2, -0.15) is 5.10 Å². The highest BCUT2D eigenvalue weighted by molar-refractivity contribution is 5.58. The molecule has 0 saturated heterocycles. The van der Waals surface area contributed by atoms with Crippen LogP contribution in [0.15, 0.2) is 30.6 Å². The predicted octanol–water partition coefficient (Wildman–Crippen LogP) is 2.55. The smallest absolute Gasteiger partial charge is 0.265 e. The van der Waals surface area contributed by atoms with Gasteiger partial charge in [-0.25, -0.2) is 8.78 Å². The van der Waals surface area contributed by atoms with Crippen molar-refractivity contribution in [3.8, 4) is 0 Å². The zero-order chi connectivity index (χ0) is 13.1. The molecular weight excluding hydrogens is 238 g/mol. The van der Waals surface area contributed by atoms with Gasteiger partial charge >= 0.3 is 0 Å². The maximum absolute atomic E-state index is 12.8. The molecule has 18 heavy (non-hydrogen) atoms. The average Bonchev–Trinajstić information content (AvgIpc) is 2.73. The first kappa shape index (κ1) is 12.3. The molecule has 96 valence electrons. The van der Waals surface area contributed by atoms with Crippen LogP contribution in [0.4, 0.5) is 20.2 Å². The van der Waals surface area contributed by atoms with Gasteiger partial charge < -0.3 is 11.1 Å². The number of rotatable bonds is 4. The largest absolute Gasteiger partial charge is 0.399 e. The van der Waals surface area contributed by atoms with Crippen LogP contribution in [0.2, 0.25) is 0 Å². The standard InChI is InChI=1S/C12H14F2N4/c1-18-7-8(6-17-18)5-16-11-3-2-9(15)4-10(11)12(13)14/h2-4,6-7,12,16H,5,15H2,1H3. The molecule has 2 rings (SSSR count). The number of nitrogens with zero attached hydrogens (tertiary/aromatic N) is 2. The van der Waals surface area contributed by atoms with Crippen molar-refractivity contribution in [3.63, 3.8) is 0 Å². The Labute approximate surface area is 103 Å². The molecule has 0 radical (unpaired) electrons. The summed E-state index contributed by atoms with van der Waals surface area (Å²) in [6.07, 6.45) is 0.962. The van der Waals surface area contributed by atoms with E-state index in [9.17, 15) is 8.78 Å². The predicted molar refractivity (Wildman–Crippen MR) is 66.3 cm³/mol. The topological polar surface area (TPSA) is 55.9 Å². The van der Waals surface area contributed by atoms with Crippen molar-refractivity contribution in [3.05, 3.63) is 41.7 Å². The van der Waals surface area contributed by atoms with Crippen molar-refractivity contribution in [2.45, 2.75) is 13.0 Å². The number of aryl methyl sites for hydroxylation is 1. The monoisotopic (exact) mass is 252 g/mol. The lowest BCUT2D eigenvalue weighted by atomic mass is 10.1. The number of alkyl halides is 2. The fraction of sp³-hybridized carbons (Fsp3) is 0.250. The van der Waals surface area contributed by atoms with Crippen LogP contribution in [0.5, 0.6) is 0 Å². The molecule has 1 aromatic carbocycles. The molecule has 0 saturated carbocycles. The first-order valence-corrected chi connectivity index (χ1v) is 5.45. The van der Waals surface area contributed by atoms with E-state index in [4.69, 9.17) is 5.73 Å². The molecule has 0 spiro atoms. The molecule has 0 bridgehead atoms. The van der Waals surface area contributed by atoms with Gasteiger partial charge in [-0.15, -0.1) is 0 Å². The third kappa shape index (κ3) is 2.77. The number of halogens is 2. The summed E-state index contributed by atoms with van der Waals surface area (Å²) in [5, 5.41) is 6.97. The second-order valence-corrected chi connectivity index (χ2v) is 4.02. The second-order valence-electron chi connectivity index (χ2n) is 4.02. The first-order chi connectivity index (χ1) is 8.56. The lowest BCUT2D eigenvalue weighted by Gasteiger charge is -2.11. The van der Waals surface area contributed by atoms with E-state index in [1.165, 1.54) is 6.07 Å². The molecular formula is C12H14F2N4. The maximum Gasteiger partial charge on any atom is 0.265 e. The highest BCUT2D eigenvalue weighted by atomic mass is 19.3. The molecule has 0 atom stereocenters. The Kier molecular flexibility index (Phi) is 3.45. The van der Waals surface area contributed by atoms with Gasteiger partial charge in [0.2, 0.25) is 0 Å². The SMILES string of the molecule is Cn1cc(CNc2ccc(N)cc2C(F)F)cn1. The molecule has 0 aliphatic heterocycles. The number of hydrogen-bond donors (Lipinski definition) is 2. The van der Waals surface area contributed by atoms with Gasteiger partial charge in [-0.1, -0.05) is 0 Å². The fourth-order valence-electron chi connectivity index (χ4n) is 1.68. The summed E-state index contributed by atoms with van der Waals surface area (Å²) in [7, 11) is 1.80. The fourth-order valence-corrected chi connectivity index (χ4v) is 1.68. The molecule has 0 amide bonds. The van der Waals surface area contributed by atoms with Crippen LogP contribution in [-0.4, -0.2) is 9.78 Å². The van der Waals surface area contributed by atoms with Crippen molar-refractivity contribution in [2.75, 3.05) is 11.1 Å². The number of aromatic nitrogens is 2. The number of anilines is 2. The number of hydrogen-bond acceptors (Lipinski definition) is 3. The maximum atomic E-state index is 12.8. The number of benzene rings is 1. The van der Waals surface area contributed by atoms with Crippen molar-refractivity contribution in [1.82, 2.24) is 9.78 Å². The molecule has 1 heterocycles. The van der Waals surface area contributed by atoms with E-state index in [1.54, 1.807) is 30.1 Å². The molecule has 0 aliphatic carbocycles. The summed E-state index contributed by atoms with van der Waals surface area (Å²) >= 11 is 0. The Balaban J connectivity index is 2.13. The highest BCUT2D eigenvalue weighted by Gasteiger charge is 2.13. The van der Waals surface area contributed by atoms with Gasteiger partial charge in [-0.3, -0.25) is 4.68 Å². The Morgan fingerprint density at radius 1 is 1.44 bits per heavy atom. The summed E-state index contributed by atoms with van der Waals surface area (Å²) < 4.78 is 27.3. The van der Waals surface area contributed by atoms with Gasteiger partial charge in [-0.05, 0) is 18.2 Å². The minimum Gasteiger partial charge on any atom is -0.399 e. The van der Waals surface area contributed by atoms with Crippen LogP contribution >= 0.6 is 0 Å². The summed E-state index contributed by atoms with van der Waals surface area (Å²) in [4.78, 5) is 0. The number of nitrogens with one attached hydrogen (secondary N) is 1. The van der Waals surface area contributed by atoms with Crippen molar-refractivity contribution < 1.29 is 8.78 Å². The van der Waals surface area contributed by atoms with Crippen LogP contribution in [0.3, 0.4) is 0 Å². The average molecular weight is 252 g/mol. The number of nitrogens with two attached hydrogens (primary N) is 1. The minimum atomic E-state index is -2.55. The van der Waals surface area contributed by atoms with Crippen molar-refractivity contribution in [2.24, 2.45) is 7.05 Å². The Morgan fingerprint density at radius 2 is 2.22 bits per heavy atom. The number of nitrogen functional groups attached to an aromatic ring is 1. The zero-order valence-corrected chi connectivity index (χ0v) is 9.90. The van der Waals surface area contributed by atoms with E-state index >= 15 is 0 Å². The summed E-state index contributed by atoms with van der Waals surface area (Å²) in [5.74, 6) is 0. The van der Waals surface area contributed by atoms with E-state index < -0.39 is 6.43 Å². The Hall–Kier alpha value is -2.11.